The minimum absolute atomic E-state index is 0.0204. The highest BCUT2D eigenvalue weighted by Crippen LogP contribution is 2.13. The van der Waals surface area contributed by atoms with Crippen LogP contribution in [-0.4, -0.2) is 57.9 Å². The van der Waals surface area contributed by atoms with Gasteiger partial charge in [0, 0.05) is 31.6 Å². The van der Waals surface area contributed by atoms with Crippen LogP contribution in [0.1, 0.15) is 22.4 Å². The van der Waals surface area contributed by atoms with Gasteiger partial charge in [0.25, 0.3) is 5.91 Å². The summed E-state index contributed by atoms with van der Waals surface area (Å²) in [5, 5.41) is 2.74. The van der Waals surface area contributed by atoms with Gasteiger partial charge >= 0.3 is 0 Å². The number of aryl methyl sites for hydroxylation is 1. The molecule has 2 heterocycles. The predicted molar refractivity (Wildman–Crippen MR) is 80.6 cm³/mol. The molecule has 1 aromatic heterocycles. The molecule has 1 amide bonds. The highest BCUT2D eigenvalue weighted by atomic mass is 32.1. The van der Waals surface area contributed by atoms with E-state index in [1.54, 1.807) is 0 Å². The van der Waals surface area contributed by atoms with Crippen LogP contribution in [0.4, 0.5) is 0 Å². The number of hydrogen-bond donors (Lipinski definition) is 1. The first-order chi connectivity index (χ1) is 8.99. The quantitative estimate of drug-likeness (QED) is 0.840. The number of hydrogen-bond acceptors (Lipinski definition) is 5. The minimum Gasteiger partial charge on any atom is -0.392 e. The van der Waals surface area contributed by atoms with E-state index in [1.165, 1.54) is 11.3 Å². The first kappa shape index (κ1) is 14.4. The van der Waals surface area contributed by atoms with Crippen molar-refractivity contribution in [3.05, 3.63) is 16.1 Å². The number of thiazole rings is 1. The molecule has 1 aliphatic heterocycles. The zero-order chi connectivity index (χ0) is 14.0. The van der Waals surface area contributed by atoms with Gasteiger partial charge in [0.1, 0.15) is 5.69 Å². The van der Waals surface area contributed by atoms with Crippen LogP contribution in [0.5, 0.6) is 0 Å². The van der Waals surface area contributed by atoms with Gasteiger partial charge in [-0.2, -0.15) is 0 Å². The van der Waals surface area contributed by atoms with Crippen molar-refractivity contribution in [2.24, 2.45) is 5.73 Å². The first-order valence-electron chi connectivity index (χ1n) is 6.24. The summed E-state index contributed by atoms with van der Waals surface area (Å²) in [5.74, 6) is 0.0204. The molecule has 0 saturated carbocycles. The van der Waals surface area contributed by atoms with Gasteiger partial charge in [0.05, 0.1) is 16.0 Å². The molecule has 1 fully saturated rings. The molecule has 104 valence electrons. The van der Waals surface area contributed by atoms with Gasteiger partial charge in [-0.3, -0.25) is 9.69 Å². The number of nitrogens with two attached hydrogens (primary N) is 1. The Morgan fingerprint density at radius 3 is 2.58 bits per heavy atom. The van der Waals surface area contributed by atoms with E-state index in [9.17, 15) is 4.79 Å². The van der Waals surface area contributed by atoms with Crippen LogP contribution in [0.25, 0.3) is 0 Å². The fourth-order valence-corrected chi connectivity index (χ4v) is 2.85. The summed E-state index contributed by atoms with van der Waals surface area (Å²) in [6.07, 6.45) is 0. The highest BCUT2D eigenvalue weighted by Gasteiger charge is 2.26. The van der Waals surface area contributed by atoms with E-state index < -0.39 is 0 Å². The molecule has 0 bridgehead atoms. The summed E-state index contributed by atoms with van der Waals surface area (Å²) in [4.78, 5) is 21.0. The third kappa shape index (κ3) is 3.29. The number of aromatic nitrogens is 1. The average Bonchev–Trinajstić information content (AvgIpc) is 2.84. The molecule has 0 radical (unpaired) electrons. The molecule has 0 spiro atoms. The smallest absolute Gasteiger partial charge is 0.273 e. The van der Waals surface area contributed by atoms with Crippen LogP contribution in [0.2, 0.25) is 0 Å². The lowest BCUT2D eigenvalue weighted by Crippen LogP contribution is -2.54. The lowest BCUT2D eigenvalue weighted by Gasteiger charge is -2.37. The molecule has 0 aliphatic carbocycles. The lowest BCUT2D eigenvalue weighted by atomic mass is 10.2. The van der Waals surface area contributed by atoms with Crippen molar-refractivity contribution in [1.29, 1.82) is 0 Å². The summed E-state index contributed by atoms with van der Waals surface area (Å²) >= 11 is 6.51. The molecule has 7 heteroatoms. The van der Waals surface area contributed by atoms with Crippen molar-refractivity contribution in [2.75, 3.05) is 26.2 Å². The standard InChI is InChI=1S/C12H18N4OS2/c1-8(11(13)18)15-3-5-16(6-4-15)12(17)10-7-19-9(2)14-10/h7-8H,3-6H2,1-2H3,(H2,13,18). The van der Waals surface area contributed by atoms with Crippen LogP contribution in [0.15, 0.2) is 5.38 Å². The van der Waals surface area contributed by atoms with Crippen molar-refractivity contribution in [2.45, 2.75) is 19.9 Å². The van der Waals surface area contributed by atoms with Gasteiger partial charge in [-0.05, 0) is 13.8 Å². The van der Waals surface area contributed by atoms with E-state index in [4.69, 9.17) is 18.0 Å². The minimum atomic E-state index is 0.0204. The zero-order valence-electron chi connectivity index (χ0n) is 11.1. The van der Waals surface area contributed by atoms with Crippen LogP contribution in [-0.2, 0) is 0 Å². The van der Waals surface area contributed by atoms with E-state index in [0.717, 1.165) is 18.1 Å². The van der Waals surface area contributed by atoms with Gasteiger partial charge in [0.2, 0.25) is 0 Å². The molecular weight excluding hydrogens is 280 g/mol. The molecule has 1 atom stereocenters. The lowest BCUT2D eigenvalue weighted by molar-refractivity contribution is 0.0616. The third-order valence-corrected chi connectivity index (χ3v) is 4.51. The molecule has 2 rings (SSSR count). The number of carbonyl (C=O) groups is 1. The molecule has 1 saturated heterocycles. The van der Waals surface area contributed by atoms with Crippen molar-refractivity contribution >= 4 is 34.5 Å². The van der Waals surface area contributed by atoms with Gasteiger partial charge in [-0.1, -0.05) is 12.2 Å². The Morgan fingerprint density at radius 1 is 1.47 bits per heavy atom. The number of piperazine rings is 1. The largest absolute Gasteiger partial charge is 0.392 e. The molecule has 0 aromatic carbocycles. The summed E-state index contributed by atoms with van der Waals surface area (Å²) < 4.78 is 0. The zero-order valence-corrected chi connectivity index (χ0v) is 12.8. The second kappa shape index (κ2) is 5.94. The first-order valence-corrected chi connectivity index (χ1v) is 7.52. The molecule has 1 unspecified atom stereocenters. The highest BCUT2D eigenvalue weighted by molar-refractivity contribution is 7.80. The van der Waals surface area contributed by atoms with Crippen LogP contribution in [0, 0.1) is 6.92 Å². The van der Waals surface area contributed by atoms with Crippen LogP contribution < -0.4 is 5.73 Å². The van der Waals surface area contributed by atoms with Gasteiger partial charge in [-0.25, -0.2) is 4.98 Å². The second-order valence-electron chi connectivity index (χ2n) is 4.66. The van der Waals surface area contributed by atoms with Crippen molar-refractivity contribution in [3.63, 3.8) is 0 Å². The van der Waals surface area contributed by atoms with Crippen molar-refractivity contribution in [3.8, 4) is 0 Å². The van der Waals surface area contributed by atoms with E-state index in [0.29, 0.717) is 23.8 Å². The van der Waals surface area contributed by atoms with Gasteiger partial charge in [0.15, 0.2) is 0 Å². The summed E-state index contributed by atoms with van der Waals surface area (Å²) in [6, 6.07) is 0.0915. The Balaban J connectivity index is 1.93. The van der Waals surface area contributed by atoms with Crippen LogP contribution >= 0.6 is 23.6 Å². The Hall–Kier alpha value is -1.05. The number of thiocarbonyl (C=S) groups is 1. The topological polar surface area (TPSA) is 62.5 Å². The third-order valence-electron chi connectivity index (χ3n) is 3.40. The molecule has 5 nitrogen and oxygen atoms in total. The fraction of sp³-hybridized carbons (Fsp3) is 0.583. The number of amides is 1. The Bertz CT molecular complexity index is 480. The van der Waals surface area contributed by atoms with Crippen molar-refractivity contribution in [1.82, 2.24) is 14.8 Å². The summed E-state index contributed by atoms with van der Waals surface area (Å²) in [7, 11) is 0. The fourth-order valence-electron chi connectivity index (χ4n) is 2.12. The van der Waals surface area contributed by atoms with Gasteiger partial charge in [-0.15, -0.1) is 11.3 Å². The molecule has 1 aromatic rings. The van der Waals surface area contributed by atoms with Gasteiger partial charge < -0.3 is 10.6 Å². The number of nitrogens with zero attached hydrogens (tertiary/aromatic N) is 3. The Kier molecular flexibility index (Phi) is 4.49. The monoisotopic (exact) mass is 298 g/mol. The molecule has 2 N–H and O–H groups in total. The predicted octanol–water partition coefficient (Wildman–Crippen LogP) is 0.884. The van der Waals surface area contributed by atoms with E-state index in [-0.39, 0.29) is 11.9 Å². The normalized spacial score (nSPS) is 18.3. The maximum Gasteiger partial charge on any atom is 0.273 e. The summed E-state index contributed by atoms with van der Waals surface area (Å²) in [5.41, 5.74) is 6.21. The number of carbonyl (C=O) groups excluding carboxylic acids is 1. The molecular formula is C12H18N4OS2. The Morgan fingerprint density at radius 2 is 2.11 bits per heavy atom. The number of rotatable bonds is 3. The van der Waals surface area contributed by atoms with E-state index in [1.807, 2.05) is 24.1 Å². The maximum absolute atomic E-state index is 12.2. The maximum atomic E-state index is 12.2. The Labute approximate surface area is 122 Å². The second-order valence-corrected chi connectivity index (χ2v) is 6.19. The van der Waals surface area contributed by atoms with E-state index >= 15 is 0 Å². The van der Waals surface area contributed by atoms with Crippen LogP contribution in [0.3, 0.4) is 0 Å². The SMILES string of the molecule is Cc1nc(C(=O)N2CCN(C(C)C(N)=S)CC2)cs1. The van der Waals surface area contributed by atoms with E-state index in [2.05, 4.69) is 9.88 Å². The molecule has 19 heavy (non-hydrogen) atoms. The molecule has 1 aliphatic rings. The summed E-state index contributed by atoms with van der Waals surface area (Å²) in [6.45, 7) is 6.90. The van der Waals surface area contributed by atoms with Crippen molar-refractivity contribution < 1.29 is 4.79 Å². The average molecular weight is 298 g/mol.